The number of aromatic hydroxyl groups is 2. The van der Waals surface area contributed by atoms with Crippen LogP contribution < -0.4 is 15.1 Å². The molecule has 1 aliphatic rings. The highest BCUT2D eigenvalue weighted by molar-refractivity contribution is 7.92. The van der Waals surface area contributed by atoms with Crippen molar-refractivity contribution in [3.8, 4) is 23.2 Å². The van der Waals surface area contributed by atoms with E-state index in [1.807, 2.05) is 0 Å². The third-order valence-electron chi connectivity index (χ3n) is 5.20. The fraction of sp³-hybridized carbons (Fsp3) is 0.182. The molecule has 4 rings (SSSR count). The number of sulfonamides is 1. The zero-order valence-electron chi connectivity index (χ0n) is 17.9. The van der Waals surface area contributed by atoms with Crippen LogP contribution >= 0.6 is 0 Å². The number of methoxy groups -OCH3 is 1. The van der Waals surface area contributed by atoms with E-state index in [2.05, 4.69) is 4.72 Å². The predicted molar refractivity (Wildman–Crippen MR) is 122 cm³/mol. The summed E-state index contributed by atoms with van der Waals surface area (Å²) in [6, 6.07) is 9.71. The van der Waals surface area contributed by atoms with Gasteiger partial charge in [-0.15, -0.1) is 0 Å². The van der Waals surface area contributed by atoms with Gasteiger partial charge in [-0.2, -0.15) is 0 Å². The minimum atomic E-state index is -4.20. The summed E-state index contributed by atoms with van der Waals surface area (Å²) in [5, 5.41) is 29.3. The van der Waals surface area contributed by atoms with Crippen molar-refractivity contribution in [3.05, 3.63) is 64.6 Å². The maximum absolute atomic E-state index is 13.1. The minimum absolute atomic E-state index is 0.0384. The molecule has 0 unspecified atom stereocenters. The van der Waals surface area contributed by atoms with Crippen molar-refractivity contribution in [3.63, 3.8) is 0 Å². The van der Waals surface area contributed by atoms with Crippen molar-refractivity contribution < 1.29 is 33.3 Å². The number of carboxylic acid groups (broad SMARTS) is 1. The molecular formula is C22H21N3O8S. The molecule has 0 spiro atoms. The van der Waals surface area contributed by atoms with E-state index in [0.29, 0.717) is 18.4 Å². The normalized spacial score (nSPS) is 13.8. The van der Waals surface area contributed by atoms with Gasteiger partial charge in [0.2, 0.25) is 0 Å². The van der Waals surface area contributed by atoms with Gasteiger partial charge in [0.25, 0.3) is 21.8 Å². The molecule has 1 heterocycles. The van der Waals surface area contributed by atoms with Gasteiger partial charge in [-0.25, -0.2) is 22.6 Å². The number of ether oxygens (including phenoxy) is 1. The SMILES string of the molecule is COc1ccc(/C=C/C(=O)O)cc1S(=O)(=O)Nc1cccc(-n2c(O)c(O)n(C3CC3)c2=O)c1. The first kappa shape index (κ1) is 23.0. The molecule has 1 saturated carbocycles. The lowest BCUT2D eigenvalue weighted by atomic mass is 10.2. The topological polar surface area (TPSA) is 160 Å². The second kappa shape index (κ2) is 8.63. The maximum Gasteiger partial charge on any atom is 0.338 e. The first-order chi connectivity index (χ1) is 16.1. The van der Waals surface area contributed by atoms with Crippen LogP contribution in [0, 0.1) is 0 Å². The van der Waals surface area contributed by atoms with Crippen molar-refractivity contribution in [2.75, 3.05) is 11.8 Å². The van der Waals surface area contributed by atoms with Gasteiger partial charge in [0, 0.05) is 12.1 Å². The highest BCUT2D eigenvalue weighted by Crippen LogP contribution is 2.40. The average molecular weight is 487 g/mol. The molecule has 3 aromatic rings. The Morgan fingerprint density at radius 1 is 1.15 bits per heavy atom. The Bertz CT molecular complexity index is 1470. The highest BCUT2D eigenvalue weighted by Gasteiger charge is 2.32. The van der Waals surface area contributed by atoms with E-state index in [1.165, 1.54) is 55.7 Å². The summed E-state index contributed by atoms with van der Waals surface area (Å²) in [4.78, 5) is 23.3. The van der Waals surface area contributed by atoms with Crippen LogP contribution in [-0.4, -0.2) is 46.0 Å². The molecule has 11 nitrogen and oxygen atoms in total. The van der Waals surface area contributed by atoms with Crippen LogP contribution in [0.25, 0.3) is 11.8 Å². The van der Waals surface area contributed by atoms with E-state index < -0.39 is 33.4 Å². The van der Waals surface area contributed by atoms with Gasteiger partial charge in [0.05, 0.1) is 18.5 Å². The van der Waals surface area contributed by atoms with E-state index in [1.54, 1.807) is 0 Å². The lowest BCUT2D eigenvalue weighted by molar-refractivity contribution is -0.131. The van der Waals surface area contributed by atoms with Crippen LogP contribution in [0.1, 0.15) is 24.4 Å². The van der Waals surface area contributed by atoms with Crippen molar-refractivity contribution >= 4 is 27.8 Å². The quantitative estimate of drug-likeness (QED) is 0.352. The Hall–Kier alpha value is -4.19. The van der Waals surface area contributed by atoms with Crippen LogP contribution in [0.4, 0.5) is 5.69 Å². The molecule has 0 aliphatic heterocycles. The number of anilines is 1. The van der Waals surface area contributed by atoms with Crippen molar-refractivity contribution in [1.29, 1.82) is 0 Å². The van der Waals surface area contributed by atoms with Gasteiger partial charge in [-0.3, -0.25) is 9.29 Å². The van der Waals surface area contributed by atoms with Gasteiger partial charge in [-0.05, 0) is 54.8 Å². The number of nitrogens with one attached hydrogen (secondary N) is 1. The molecule has 0 bridgehead atoms. The summed E-state index contributed by atoms with van der Waals surface area (Å²) in [5.74, 6) is -2.34. The minimum Gasteiger partial charge on any atom is -0.495 e. The number of rotatable bonds is 8. The Balaban J connectivity index is 1.70. The molecule has 1 aliphatic carbocycles. The molecule has 4 N–H and O–H groups in total. The zero-order valence-corrected chi connectivity index (χ0v) is 18.7. The molecule has 1 aromatic heterocycles. The summed E-state index contributed by atoms with van der Waals surface area (Å²) in [5.41, 5.74) is -0.0960. The number of imidazole rings is 1. The summed E-state index contributed by atoms with van der Waals surface area (Å²) in [6.07, 6.45) is 3.54. The van der Waals surface area contributed by atoms with Crippen LogP contribution in [0.2, 0.25) is 0 Å². The second-order valence-corrected chi connectivity index (χ2v) is 9.25. The number of nitrogens with zero attached hydrogens (tertiary/aromatic N) is 2. The third-order valence-corrected chi connectivity index (χ3v) is 6.60. The number of benzene rings is 2. The summed E-state index contributed by atoms with van der Waals surface area (Å²) >= 11 is 0. The monoisotopic (exact) mass is 487 g/mol. The highest BCUT2D eigenvalue weighted by atomic mass is 32.2. The van der Waals surface area contributed by atoms with E-state index in [-0.39, 0.29) is 28.1 Å². The summed E-state index contributed by atoms with van der Waals surface area (Å²) in [7, 11) is -2.90. The van der Waals surface area contributed by atoms with Crippen LogP contribution in [0.15, 0.2) is 58.2 Å². The number of hydrogen-bond donors (Lipinski definition) is 4. The average Bonchev–Trinajstić information content (AvgIpc) is 3.59. The second-order valence-electron chi connectivity index (χ2n) is 7.60. The lowest BCUT2D eigenvalue weighted by Crippen LogP contribution is -2.22. The molecule has 0 radical (unpaired) electrons. The van der Waals surface area contributed by atoms with E-state index in [9.17, 15) is 28.2 Å². The Morgan fingerprint density at radius 2 is 1.88 bits per heavy atom. The number of carboxylic acids is 1. The Labute approximate surface area is 193 Å². The van der Waals surface area contributed by atoms with Crippen LogP contribution in [0.3, 0.4) is 0 Å². The van der Waals surface area contributed by atoms with Crippen molar-refractivity contribution in [2.24, 2.45) is 0 Å². The zero-order chi connectivity index (χ0) is 24.6. The van der Waals surface area contributed by atoms with E-state index >= 15 is 0 Å². The van der Waals surface area contributed by atoms with Crippen molar-refractivity contribution in [1.82, 2.24) is 9.13 Å². The Kier molecular flexibility index (Phi) is 5.83. The van der Waals surface area contributed by atoms with Crippen LogP contribution in [-0.2, 0) is 14.8 Å². The Morgan fingerprint density at radius 3 is 2.53 bits per heavy atom. The molecule has 0 atom stereocenters. The molecule has 0 saturated heterocycles. The number of aliphatic carboxylic acids is 1. The molecule has 0 amide bonds. The van der Waals surface area contributed by atoms with Crippen molar-refractivity contribution in [2.45, 2.75) is 23.8 Å². The van der Waals surface area contributed by atoms with Crippen LogP contribution in [0.5, 0.6) is 17.5 Å². The van der Waals surface area contributed by atoms with Gasteiger partial charge < -0.3 is 20.1 Å². The smallest absolute Gasteiger partial charge is 0.338 e. The van der Waals surface area contributed by atoms with Gasteiger partial charge in [0.1, 0.15) is 10.6 Å². The van der Waals surface area contributed by atoms with Gasteiger partial charge in [0.15, 0.2) is 0 Å². The lowest BCUT2D eigenvalue weighted by Gasteiger charge is -2.13. The number of carbonyl (C=O) groups is 1. The third kappa shape index (κ3) is 4.35. The van der Waals surface area contributed by atoms with E-state index in [0.717, 1.165) is 15.2 Å². The molecular weight excluding hydrogens is 466 g/mol. The molecule has 178 valence electrons. The predicted octanol–water partition coefficient (Wildman–Crippen LogP) is 2.29. The fourth-order valence-corrected chi connectivity index (χ4v) is 4.74. The molecule has 2 aromatic carbocycles. The first-order valence-corrected chi connectivity index (χ1v) is 11.6. The molecule has 12 heteroatoms. The standard InChI is InChI=1S/C22H21N3O8S/c1-33-17-9-5-13(6-10-19(26)27)11-18(17)34(31,32)23-14-3-2-4-16(12-14)25-21(29)20(28)24(22(25)30)15-7-8-15/h2-6,9-12,15,23,28-29H,7-8H2,1H3,(H,26,27)/b10-6+. The first-order valence-electron chi connectivity index (χ1n) is 10.1. The largest absolute Gasteiger partial charge is 0.495 e. The van der Waals surface area contributed by atoms with Gasteiger partial charge >= 0.3 is 11.7 Å². The molecule has 34 heavy (non-hydrogen) atoms. The van der Waals surface area contributed by atoms with Gasteiger partial charge in [-0.1, -0.05) is 12.1 Å². The van der Waals surface area contributed by atoms with E-state index in [4.69, 9.17) is 9.84 Å². The molecule has 1 fully saturated rings. The number of hydrogen-bond acceptors (Lipinski definition) is 7. The summed E-state index contributed by atoms with van der Waals surface area (Å²) < 4.78 is 35.8. The number of aromatic nitrogens is 2. The summed E-state index contributed by atoms with van der Waals surface area (Å²) in [6.45, 7) is 0. The maximum atomic E-state index is 13.1. The fourth-order valence-electron chi connectivity index (χ4n) is 3.48.